The minimum atomic E-state index is -6.58. The number of carbonyl (C=O) groups excluding carboxylic acids is 2. The van der Waals surface area contributed by atoms with Crippen LogP contribution in [0.2, 0.25) is 0 Å². The summed E-state index contributed by atoms with van der Waals surface area (Å²) in [4.78, 5) is 21.8. The molecule has 4 nitrogen and oxygen atoms in total. The van der Waals surface area contributed by atoms with Crippen molar-refractivity contribution in [2.45, 2.75) is 43.4 Å². The van der Waals surface area contributed by atoms with Gasteiger partial charge in [0.1, 0.15) is 6.17 Å². The van der Waals surface area contributed by atoms with Gasteiger partial charge < -0.3 is 10.6 Å². The summed E-state index contributed by atoms with van der Waals surface area (Å²) in [5, 5.41) is 3.25. The van der Waals surface area contributed by atoms with Crippen molar-refractivity contribution >= 4 is 11.8 Å². The highest BCUT2D eigenvalue weighted by molar-refractivity contribution is 5.86. The number of hydrogen-bond acceptors (Lipinski definition) is 2. The molecule has 1 heterocycles. The van der Waals surface area contributed by atoms with Gasteiger partial charge in [-0.05, 0) is 12.8 Å². The van der Waals surface area contributed by atoms with Gasteiger partial charge in [0, 0.05) is 6.42 Å². The van der Waals surface area contributed by atoms with Crippen LogP contribution in [0.4, 0.5) is 30.7 Å². The predicted octanol–water partition coefficient (Wildman–Crippen LogP) is 1.56. The van der Waals surface area contributed by atoms with Gasteiger partial charge in [-0.25, -0.2) is 0 Å². The smallest absolute Gasteiger partial charge is 0.336 e. The molecule has 116 valence electrons. The molecule has 0 radical (unpaired) electrons. The number of hydrogen-bond donors (Lipinski definition) is 2. The molecular weight excluding hydrogens is 301 g/mol. The van der Waals surface area contributed by atoms with E-state index in [1.54, 1.807) is 0 Å². The standard InChI is InChI=1S/C9H9F7N2O2/c10-7(11,8(12,13)9(14,15)16)6(20)18-4-2-1-3-5(19)17-4/h4H,1-3H2,(H,17,19)(H,18,20)/t4-/m1/s1. The molecule has 1 atom stereocenters. The predicted molar refractivity (Wildman–Crippen MR) is 49.9 cm³/mol. The average molecular weight is 310 g/mol. The van der Waals surface area contributed by atoms with Crippen LogP contribution in [-0.2, 0) is 9.59 Å². The fourth-order valence-corrected chi connectivity index (χ4v) is 1.48. The Morgan fingerprint density at radius 2 is 1.70 bits per heavy atom. The first-order valence-corrected chi connectivity index (χ1v) is 5.32. The highest BCUT2D eigenvalue weighted by Gasteiger charge is 2.76. The monoisotopic (exact) mass is 310 g/mol. The highest BCUT2D eigenvalue weighted by Crippen LogP contribution is 2.46. The Bertz CT molecular complexity index is 408. The average Bonchev–Trinajstić information content (AvgIpc) is 2.27. The van der Waals surface area contributed by atoms with Crippen LogP contribution in [0.1, 0.15) is 19.3 Å². The normalized spacial score (nSPS) is 21.4. The molecule has 0 bridgehead atoms. The van der Waals surface area contributed by atoms with E-state index >= 15 is 0 Å². The molecule has 1 aliphatic heterocycles. The van der Waals surface area contributed by atoms with E-state index in [-0.39, 0.29) is 19.3 Å². The van der Waals surface area contributed by atoms with Gasteiger partial charge in [0.05, 0.1) is 0 Å². The summed E-state index contributed by atoms with van der Waals surface area (Å²) >= 11 is 0. The van der Waals surface area contributed by atoms with Crippen LogP contribution < -0.4 is 10.6 Å². The Morgan fingerprint density at radius 3 is 2.15 bits per heavy atom. The molecule has 0 aliphatic carbocycles. The van der Waals surface area contributed by atoms with Gasteiger partial charge >= 0.3 is 18.0 Å². The third kappa shape index (κ3) is 2.96. The fraction of sp³-hybridized carbons (Fsp3) is 0.778. The van der Waals surface area contributed by atoms with E-state index in [4.69, 9.17) is 0 Å². The summed E-state index contributed by atoms with van der Waals surface area (Å²) in [7, 11) is 0. The van der Waals surface area contributed by atoms with Crippen LogP contribution in [0.25, 0.3) is 0 Å². The van der Waals surface area contributed by atoms with Gasteiger partial charge in [-0.3, -0.25) is 9.59 Å². The number of rotatable bonds is 3. The minimum absolute atomic E-state index is 0.0431. The zero-order valence-electron chi connectivity index (χ0n) is 9.66. The van der Waals surface area contributed by atoms with Crippen molar-refractivity contribution < 1.29 is 40.3 Å². The number of amides is 2. The lowest BCUT2D eigenvalue weighted by atomic mass is 10.1. The SMILES string of the molecule is O=C1CCC[C@@H](NC(=O)C(F)(F)C(F)(F)C(F)(F)F)N1. The molecule has 0 spiro atoms. The van der Waals surface area contributed by atoms with E-state index in [1.165, 1.54) is 5.32 Å². The third-order valence-corrected chi connectivity index (χ3v) is 2.57. The Hall–Kier alpha value is -1.55. The quantitative estimate of drug-likeness (QED) is 0.777. The summed E-state index contributed by atoms with van der Waals surface area (Å²) in [6, 6.07) is 0. The highest BCUT2D eigenvalue weighted by atomic mass is 19.4. The first-order valence-electron chi connectivity index (χ1n) is 5.32. The number of nitrogens with one attached hydrogen (secondary N) is 2. The number of alkyl halides is 7. The lowest BCUT2D eigenvalue weighted by molar-refractivity contribution is -0.344. The van der Waals surface area contributed by atoms with Crippen molar-refractivity contribution in [3.05, 3.63) is 0 Å². The summed E-state index contributed by atoms with van der Waals surface area (Å²) in [6.07, 6.45) is -7.81. The molecule has 0 aromatic carbocycles. The van der Waals surface area contributed by atoms with E-state index in [9.17, 15) is 40.3 Å². The summed E-state index contributed by atoms with van der Waals surface area (Å²) in [5.74, 6) is -15.9. The largest absolute Gasteiger partial charge is 0.460 e. The molecule has 1 aliphatic rings. The molecule has 0 unspecified atom stereocenters. The molecule has 1 fully saturated rings. The summed E-state index contributed by atoms with van der Waals surface area (Å²) in [6.45, 7) is 0. The number of carbonyl (C=O) groups is 2. The van der Waals surface area contributed by atoms with Crippen molar-refractivity contribution in [1.82, 2.24) is 10.6 Å². The van der Waals surface area contributed by atoms with E-state index in [2.05, 4.69) is 0 Å². The Kier molecular flexibility index (Phi) is 4.20. The molecule has 0 aromatic rings. The van der Waals surface area contributed by atoms with Crippen LogP contribution in [-0.4, -0.2) is 36.0 Å². The zero-order valence-corrected chi connectivity index (χ0v) is 9.66. The minimum Gasteiger partial charge on any atom is -0.336 e. The van der Waals surface area contributed by atoms with E-state index in [1.807, 2.05) is 5.32 Å². The van der Waals surface area contributed by atoms with Crippen molar-refractivity contribution in [2.75, 3.05) is 0 Å². The third-order valence-electron chi connectivity index (χ3n) is 2.57. The molecule has 2 amide bonds. The second kappa shape index (κ2) is 5.09. The van der Waals surface area contributed by atoms with Crippen LogP contribution >= 0.6 is 0 Å². The second-order valence-corrected chi connectivity index (χ2v) is 4.13. The van der Waals surface area contributed by atoms with Crippen LogP contribution in [0.5, 0.6) is 0 Å². The van der Waals surface area contributed by atoms with Gasteiger partial charge in [0.25, 0.3) is 5.91 Å². The van der Waals surface area contributed by atoms with Crippen molar-refractivity contribution in [2.24, 2.45) is 0 Å². The molecule has 20 heavy (non-hydrogen) atoms. The van der Waals surface area contributed by atoms with Crippen molar-refractivity contribution in [3.63, 3.8) is 0 Å². The molecule has 0 saturated carbocycles. The summed E-state index contributed by atoms with van der Waals surface area (Å²) in [5.41, 5.74) is 0. The maximum atomic E-state index is 12.9. The van der Waals surface area contributed by atoms with Crippen LogP contribution in [0.3, 0.4) is 0 Å². The molecule has 0 aromatic heterocycles. The lowest BCUT2D eigenvalue weighted by Crippen LogP contribution is -2.62. The van der Waals surface area contributed by atoms with E-state index < -0.39 is 36.0 Å². The molecule has 1 saturated heterocycles. The van der Waals surface area contributed by atoms with E-state index in [0.29, 0.717) is 0 Å². The Morgan fingerprint density at radius 1 is 1.15 bits per heavy atom. The molecular formula is C9H9F7N2O2. The van der Waals surface area contributed by atoms with Gasteiger partial charge in [0.15, 0.2) is 0 Å². The number of halogens is 7. The molecule has 11 heteroatoms. The fourth-order valence-electron chi connectivity index (χ4n) is 1.48. The van der Waals surface area contributed by atoms with Gasteiger partial charge in [-0.1, -0.05) is 0 Å². The first-order chi connectivity index (χ1) is 8.89. The van der Waals surface area contributed by atoms with Gasteiger partial charge in [-0.15, -0.1) is 0 Å². The second-order valence-electron chi connectivity index (χ2n) is 4.13. The Labute approximate surface area is 107 Å². The lowest BCUT2D eigenvalue weighted by Gasteiger charge is -2.30. The topological polar surface area (TPSA) is 58.2 Å². The van der Waals surface area contributed by atoms with Crippen molar-refractivity contribution in [1.29, 1.82) is 0 Å². The molecule has 1 rings (SSSR count). The molecule has 2 N–H and O–H groups in total. The summed E-state index contributed by atoms with van der Waals surface area (Å²) < 4.78 is 86.6. The van der Waals surface area contributed by atoms with Gasteiger partial charge in [0.2, 0.25) is 5.91 Å². The van der Waals surface area contributed by atoms with Crippen LogP contribution in [0.15, 0.2) is 0 Å². The van der Waals surface area contributed by atoms with Crippen molar-refractivity contribution in [3.8, 4) is 0 Å². The number of piperidine rings is 1. The maximum Gasteiger partial charge on any atom is 0.460 e. The van der Waals surface area contributed by atoms with Gasteiger partial charge in [-0.2, -0.15) is 30.7 Å². The Balaban J connectivity index is 2.82. The van der Waals surface area contributed by atoms with E-state index in [0.717, 1.165) is 0 Å². The maximum absolute atomic E-state index is 12.9. The zero-order chi connectivity index (χ0) is 15.8. The van der Waals surface area contributed by atoms with Crippen LogP contribution in [0, 0.1) is 0 Å². The first kappa shape index (κ1) is 16.5.